The highest BCUT2D eigenvalue weighted by atomic mass is 32.1. The topological polar surface area (TPSA) is 72.7 Å². The fraction of sp³-hybridized carbons (Fsp3) is 0.500. The molecule has 0 radical (unpaired) electrons. The molecular weight excluding hydrogens is 414 g/mol. The van der Waals surface area contributed by atoms with Gasteiger partial charge in [-0.05, 0) is 39.0 Å². The van der Waals surface area contributed by atoms with E-state index >= 15 is 0 Å². The molecule has 1 saturated heterocycles. The molecule has 31 heavy (non-hydrogen) atoms. The summed E-state index contributed by atoms with van der Waals surface area (Å²) < 4.78 is 13.7. The van der Waals surface area contributed by atoms with Gasteiger partial charge in [0.15, 0.2) is 10.8 Å². The van der Waals surface area contributed by atoms with E-state index in [4.69, 9.17) is 14.5 Å². The molecule has 166 valence electrons. The van der Waals surface area contributed by atoms with Crippen molar-refractivity contribution >= 4 is 32.6 Å². The van der Waals surface area contributed by atoms with Gasteiger partial charge in [0, 0.05) is 44.0 Å². The first-order valence-corrected chi connectivity index (χ1v) is 11.4. The summed E-state index contributed by atoms with van der Waals surface area (Å²) in [4.78, 5) is 22.4. The van der Waals surface area contributed by atoms with Crippen molar-refractivity contribution in [2.24, 2.45) is 0 Å². The zero-order chi connectivity index (χ0) is 22.0. The molecule has 0 spiro atoms. The fourth-order valence-corrected chi connectivity index (χ4v) is 4.71. The number of hydrogen-bond donors (Lipinski definition) is 0. The van der Waals surface area contributed by atoms with Crippen LogP contribution in [0.15, 0.2) is 24.3 Å². The van der Waals surface area contributed by atoms with E-state index in [1.54, 1.807) is 12.0 Å². The number of nitrogens with zero attached hydrogens (tertiary/aromatic N) is 5. The van der Waals surface area contributed by atoms with E-state index in [0.717, 1.165) is 54.5 Å². The van der Waals surface area contributed by atoms with Crippen molar-refractivity contribution in [2.45, 2.75) is 26.8 Å². The molecule has 1 fully saturated rings. The highest BCUT2D eigenvalue weighted by molar-refractivity contribution is 7.22. The predicted octanol–water partition coefficient (Wildman–Crippen LogP) is 3.37. The SMILES string of the molecule is COc1ccc2sc(N(CCN3CCOCC3)C(=O)c3cc(C)n(C(C)C)n3)nc2c1. The quantitative estimate of drug-likeness (QED) is 0.558. The number of ether oxygens (including phenoxy) is 2. The molecule has 1 amide bonds. The third-order valence-electron chi connectivity index (χ3n) is 5.43. The Morgan fingerprint density at radius 3 is 2.74 bits per heavy atom. The molecule has 1 aliphatic heterocycles. The Balaban J connectivity index is 1.65. The Kier molecular flexibility index (Phi) is 6.54. The van der Waals surface area contributed by atoms with Gasteiger partial charge >= 0.3 is 0 Å². The summed E-state index contributed by atoms with van der Waals surface area (Å²) in [5, 5.41) is 5.26. The minimum absolute atomic E-state index is 0.123. The standard InChI is InChI=1S/C22H29N5O3S/c1-15(2)27-16(3)13-19(24-27)21(28)26(8-7-25-9-11-30-12-10-25)22-23-18-14-17(29-4)5-6-20(18)31-22/h5-6,13-15H,7-12H2,1-4H3. The van der Waals surface area contributed by atoms with E-state index in [-0.39, 0.29) is 11.9 Å². The second kappa shape index (κ2) is 9.33. The van der Waals surface area contributed by atoms with Gasteiger partial charge in [-0.25, -0.2) is 4.98 Å². The second-order valence-corrected chi connectivity index (χ2v) is 8.96. The van der Waals surface area contributed by atoms with Crippen LogP contribution in [0.5, 0.6) is 5.75 Å². The Morgan fingerprint density at radius 2 is 2.06 bits per heavy atom. The number of aromatic nitrogens is 3. The van der Waals surface area contributed by atoms with Gasteiger partial charge in [-0.1, -0.05) is 11.3 Å². The Hall–Kier alpha value is -2.49. The average Bonchev–Trinajstić information content (AvgIpc) is 3.37. The van der Waals surface area contributed by atoms with Crippen LogP contribution in [0.25, 0.3) is 10.2 Å². The monoisotopic (exact) mass is 443 g/mol. The second-order valence-electron chi connectivity index (χ2n) is 7.95. The lowest BCUT2D eigenvalue weighted by molar-refractivity contribution is 0.0391. The zero-order valence-corrected chi connectivity index (χ0v) is 19.3. The van der Waals surface area contributed by atoms with Crippen molar-refractivity contribution < 1.29 is 14.3 Å². The van der Waals surface area contributed by atoms with Crippen molar-refractivity contribution in [3.63, 3.8) is 0 Å². The molecule has 0 bridgehead atoms. The Morgan fingerprint density at radius 1 is 1.29 bits per heavy atom. The normalized spacial score (nSPS) is 15.0. The number of anilines is 1. The summed E-state index contributed by atoms with van der Waals surface area (Å²) >= 11 is 1.51. The van der Waals surface area contributed by atoms with E-state index in [1.807, 2.05) is 35.9 Å². The predicted molar refractivity (Wildman–Crippen MR) is 122 cm³/mol. The number of thiazole rings is 1. The van der Waals surface area contributed by atoms with Crippen LogP contribution in [-0.4, -0.2) is 72.1 Å². The van der Waals surface area contributed by atoms with Crippen LogP contribution in [0.3, 0.4) is 0 Å². The molecule has 3 aromatic rings. The van der Waals surface area contributed by atoms with Gasteiger partial charge < -0.3 is 9.47 Å². The third-order valence-corrected chi connectivity index (χ3v) is 6.49. The first-order chi connectivity index (χ1) is 15.0. The van der Waals surface area contributed by atoms with Crippen molar-refractivity contribution in [3.05, 3.63) is 35.7 Å². The number of fused-ring (bicyclic) bond motifs is 1. The molecule has 3 heterocycles. The smallest absolute Gasteiger partial charge is 0.280 e. The number of carbonyl (C=O) groups is 1. The minimum atomic E-state index is -0.123. The molecule has 2 aromatic heterocycles. The maximum Gasteiger partial charge on any atom is 0.280 e. The average molecular weight is 444 g/mol. The van der Waals surface area contributed by atoms with Crippen LogP contribution in [0, 0.1) is 6.92 Å². The molecule has 0 atom stereocenters. The number of aryl methyl sites for hydroxylation is 1. The van der Waals surface area contributed by atoms with Crippen molar-refractivity contribution in [1.82, 2.24) is 19.7 Å². The Labute approximate surface area is 186 Å². The van der Waals surface area contributed by atoms with Gasteiger partial charge in [-0.15, -0.1) is 0 Å². The highest BCUT2D eigenvalue weighted by Gasteiger charge is 2.25. The number of hydrogen-bond acceptors (Lipinski definition) is 7. The number of morpholine rings is 1. The molecule has 1 aliphatic rings. The van der Waals surface area contributed by atoms with Gasteiger partial charge in [0.05, 0.1) is 30.5 Å². The summed E-state index contributed by atoms with van der Waals surface area (Å²) in [5.74, 6) is 0.628. The van der Waals surface area contributed by atoms with Gasteiger partial charge in [0.2, 0.25) is 0 Å². The molecule has 0 saturated carbocycles. The van der Waals surface area contributed by atoms with Crippen LogP contribution >= 0.6 is 11.3 Å². The van der Waals surface area contributed by atoms with Gasteiger partial charge in [-0.3, -0.25) is 19.3 Å². The summed E-state index contributed by atoms with van der Waals surface area (Å²) in [5.41, 5.74) is 2.25. The van der Waals surface area contributed by atoms with Crippen molar-refractivity contribution in [2.75, 3.05) is 51.4 Å². The van der Waals surface area contributed by atoms with Crippen LogP contribution in [-0.2, 0) is 4.74 Å². The summed E-state index contributed by atoms with van der Waals surface area (Å²) in [6, 6.07) is 7.85. The zero-order valence-electron chi connectivity index (χ0n) is 18.5. The van der Waals surface area contributed by atoms with E-state index < -0.39 is 0 Å². The van der Waals surface area contributed by atoms with Gasteiger partial charge in [-0.2, -0.15) is 5.10 Å². The highest BCUT2D eigenvalue weighted by Crippen LogP contribution is 2.32. The summed E-state index contributed by atoms with van der Waals surface area (Å²) in [6.07, 6.45) is 0. The lowest BCUT2D eigenvalue weighted by Gasteiger charge is -2.29. The number of methoxy groups -OCH3 is 1. The third kappa shape index (κ3) is 4.73. The van der Waals surface area contributed by atoms with E-state index in [2.05, 4.69) is 23.8 Å². The molecule has 1 aromatic carbocycles. The molecule has 9 heteroatoms. The molecule has 4 rings (SSSR count). The molecule has 0 N–H and O–H groups in total. The summed E-state index contributed by atoms with van der Waals surface area (Å²) in [7, 11) is 1.64. The molecule has 8 nitrogen and oxygen atoms in total. The van der Waals surface area contributed by atoms with Crippen molar-refractivity contribution in [1.29, 1.82) is 0 Å². The number of carbonyl (C=O) groups excluding carboxylic acids is 1. The number of benzene rings is 1. The first-order valence-electron chi connectivity index (χ1n) is 10.6. The molecule has 0 aliphatic carbocycles. The van der Waals surface area contributed by atoms with Crippen LogP contribution < -0.4 is 9.64 Å². The Bertz CT molecular complexity index is 1050. The van der Waals surface area contributed by atoms with E-state index in [9.17, 15) is 4.79 Å². The van der Waals surface area contributed by atoms with Crippen LogP contribution in [0.4, 0.5) is 5.13 Å². The van der Waals surface area contributed by atoms with Crippen molar-refractivity contribution in [3.8, 4) is 5.75 Å². The fourth-order valence-electron chi connectivity index (χ4n) is 3.74. The minimum Gasteiger partial charge on any atom is -0.497 e. The number of amides is 1. The first kappa shape index (κ1) is 21.7. The van der Waals surface area contributed by atoms with E-state index in [0.29, 0.717) is 17.4 Å². The largest absolute Gasteiger partial charge is 0.497 e. The van der Waals surface area contributed by atoms with Crippen LogP contribution in [0.2, 0.25) is 0 Å². The van der Waals surface area contributed by atoms with Gasteiger partial charge in [0.1, 0.15) is 5.75 Å². The van der Waals surface area contributed by atoms with Crippen LogP contribution in [0.1, 0.15) is 36.1 Å². The molecular formula is C22H29N5O3S. The lowest BCUT2D eigenvalue weighted by atomic mass is 10.3. The number of rotatable bonds is 7. The maximum atomic E-state index is 13.6. The lowest BCUT2D eigenvalue weighted by Crippen LogP contribution is -2.43. The maximum absolute atomic E-state index is 13.6. The summed E-state index contributed by atoms with van der Waals surface area (Å²) in [6.45, 7) is 10.6. The molecule has 0 unspecified atom stereocenters. The van der Waals surface area contributed by atoms with E-state index in [1.165, 1.54) is 11.3 Å². The van der Waals surface area contributed by atoms with Gasteiger partial charge in [0.25, 0.3) is 5.91 Å².